The summed E-state index contributed by atoms with van der Waals surface area (Å²) in [6, 6.07) is 5.64. The lowest BCUT2D eigenvalue weighted by Gasteiger charge is -2.21. The molecule has 1 saturated carbocycles. The fourth-order valence-corrected chi connectivity index (χ4v) is 3.51. The van der Waals surface area contributed by atoms with E-state index in [4.69, 9.17) is 5.73 Å². The zero-order chi connectivity index (χ0) is 14.3. The van der Waals surface area contributed by atoms with Gasteiger partial charge < -0.3 is 5.73 Å². The number of hydrogen-bond acceptors (Lipinski definition) is 3. The largest absolute Gasteiger partial charge is 0.399 e. The standard InChI is InChI=1S/C16H20N2O2/c1-11-12(5-4-6-13(11)17)10-18-14(19)9-16(15(18)20)7-2-3-8-16/h4-6H,2-3,7-10,17H2,1H3. The Labute approximate surface area is 118 Å². The predicted molar refractivity (Wildman–Crippen MR) is 76.7 cm³/mol. The normalized spacial score (nSPS) is 21.1. The van der Waals surface area contributed by atoms with Gasteiger partial charge in [0.1, 0.15) is 0 Å². The number of nitrogens with two attached hydrogens (primary N) is 1. The Morgan fingerprint density at radius 3 is 2.65 bits per heavy atom. The molecule has 1 spiro atoms. The van der Waals surface area contributed by atoms with Crippen molar-refractivity contribution in [2.75, 3.05) is 5.73 Å². The molecule has 1 saturated heterocycles. The molecule has 20 heavy (non-hydrogen) atoms. The van der Waals surface area contributed by atoms with Crippen LogP contribution in [0.5, 0.6) is 0 Å². The van der Waals surface area contributed by atoms with Crippen molar-refractivity contribution >= 4 is 17.5 Å². The molecule has 2 amide bonds. The van der Waals surface area contributed by atoms with Crippen LogP contribution >= 0.6 is 0 Å². The van der Waals surface area contributed by atoms with Crippen LogP contribution in [0.4, 0.5) is 5.69 Å². The zero-order valence-corrected chi connectivity index (χ0v) is 11.8. The second kappa shape index (κ2) is 4.62. The van der Waals surface area contributed by atoms with Gasteiger partial charge in [-0.1, -0.05) is 25.0 Å². The molecular weight excluding hydrogens is 252 g/mol. The third kappa shape index (κ3) is 1.90. The van der Waals surface area contributed by atoms with E-state index in [0.717, 1.165) is 36.8 Å². The van der Waals surface area contributed by atoms with E-state index in [1.54, 1.807) is 0 Å². The van der Waals surface area contributed by atoms with Crippen LogP contribution in [0.25, 0.3) is 0 Å². The Bertz CT molecular complexity index is 574. The van der Waals surface area contributed by atoms with Gasteiger partial charge in [-0.3, -0.25) is 14.5 Å². The fourth-order valence-electron chi connectivity index (χ4n) is 3.51. The molecule has 2 fully saturated rings. The number of nitrogens with zero attached hydrogens (tertiary/aromatic N) is 1. The van der Waals surface area contributed by atoms with Crippen molar-refractivity contribution in [2.24, 2.45) is 5.41 Å². The maximum absolute atomic E-state index is 12.6. The number of benzene rings is 1. The highest BCUT2D eigenvalue weighted by Crippen LogP contribution is 2.47. The van der Waals surface area contributed by atoms with E-state index in [-0.39, 0.29) is 17.2 Å². The Kier molecular flexibility index (Phi) is 3.04. The molecule has 3 rings (SSSR count). The summed E-state index contributed by atoms with van der Waals surface area (Å²) in [6.45, 7) is 2.29. The number of likely N-dealkylation sites (tertiary alicyclic amines) is 1. The lowest BCUT2D eigenvalue weighted by Crippen LogP contribution is -2.34. The second-order valence-electron chi connectivity index (χ2n) is 6.08. The van der Waals surface area contributed by atoms with Crippen LogP contribution in [0.15, 0.2) is 18.2 Å². The number of imide groups is 1. The van der Waals surface area contributed by atoms with Gasteiger partial charge in [0.15, 0.2) is 0 Å². The Morgan fingerprint density at radius 1 is 1.25 bits per heavy atom. The molecule has 1 aromatic rings. The number of carbonyl (C=O) groups excluding carboxylic acids is 2. The maximum atomic E-state index is 12.6. The minimum Gasteiger partial charge on any atom is -0.399 e. The minimum atomic E-state index is -0.384. The number of amides is 2. The van der Waals surface area contributed by atoms with Crippen LogP contribution in [0.1, 0.15) is 43.2 Å². The van der Waals surface area contributed by atoms with E-state index in [1.165, 1.54) is 4.90 Å². The van der Waals surface area contributed by atoms with Gasteiger partial charge in [-0.25, -0.2) is 0 Å². The zero-order valence-electron chi connectivity index (χ0n) is 11.8. The van der Waals surface area contributed by atoms with Crippen molar-refractivity contribution in [2.45, 2.75) is 45.6 Å². The summed E-state index contributed by atoms with van der Waals surface area (Å²) in [5, 5.41) is 0. The average Bonchev–Trinajstić information content (AvgIpc) is 2.96. The number of anilines is 1. The number of nitrogen functional groups attached to an aromatic ring is 1. The van der Waals surface area contributed by atoms with E-state index in [2.05, 4.69) is 0 Å². The first-order valence-corrected chi connectivity index (χ1v) is 7.22. The van der Waals surface area contributed by atoms with Crippen molar-refractivity contribution in [1.82, 2.24) is 4.90 Å². The molecule has 2 aliphatic rings. The van der Waals surface area contributed by atoms with Gasteiger partial charge in [0.25, 0.3) is 0 Å². The van der Waals surface area contributed by atoms with E-state index in [9.17, 15) is 9.59 Å². The fraction of sp³-hybridized carbons (Fsp3) is 0.500. The lowest BCUT2D eigenvalue weighted by atomic mass is 9.84. The van der Waals surface area contributed by atoms with Crippen LogP contribution in [-0.4, -0.2) is 16.7 Å². The summed E-state index contributed by atoms with van der Waals surface area (Å²) in [7, 11) is 0. The summed E-state index contributed by atoms with van der Waals surface area (Å²) < 4.78 is 0. The molecule has 0 unspecified atom stereocenters. The highest BCUT2D eigenvalue weighted by atomic mass is 16.2. The molecule has 0 radical (unpaired) electrons. The smallest absolute Gasteiger partial charge is 0.236 e. The minimum absolute atomic E-state index is 0.0290. The van der Waals surface area contributed by atoms with Crippen LogP contribution in [0.2, 0.25) is 0 Å². The molecular formula is C16H20N2O2. The molecule has 4 nitrogen and oxygen atoms in total. The molecule has 0 bridgehead atoms. The van der Waals surface area contributed by atoms with E-state index in [1.807, 2.05) is 25.1 Å². The van der Waals surface area contributed by atoms with Crippen LogP contribution in [0, 0.1) is 12.3 Å². The first kappa shape index (κ1) is 13.2. The third-order valence-electron chi connectivity index (χ3n) is 4.87. The van der Waals surface area contributed by atoms with E-state index in [0.29, 0.717) is 18.7 Å². The molecule has 106 valence electrons. The Balaban J connectivity index is 1.86. The maximum Gasteiger partial charge on any atom is 0.236 e. The van der Waals surface area contributed by atoms with Gasteiger partial charge in [-0.15, -0.1) is 0 Å². The summed E-state index contributed by atoms with van der Waals surface area (Å²) in [4.78, 5) is 26.3. The molecule has 2 N–H and O–H groups in total. The number of hydrogen-bond donors (Lipinski definition) is 1. The number of rotatable bonds is 2. The molecule has 4 heteroatoms. The van der Waals surface area contributed by atoms with Gasteiger partial charge in [-0.05, 0) is 37.0 Å². The van der Waals surface area contributed by atoms with Crippen molar-refractivity contribution in [1.29, 1.82) is 0 Å². The first-order valence-electron chi connectivity index (χ1n) is 7.22. The van der Waals surface area contributed by atoms with E-state index < -0.39 is 0 Å². The van der Waals surface area contributed by atoms with Gasteiger partial charge >= 0.3 is 0 Å². The molecule has 1 aliphatic carbocycles. The van der Waals surface area contributed by atoms with Gasteiger partial charge in [0.05, 0.1) is 12.0 Å². The summed E-state index contributed by atoms with van der Waals surface area (Å²) in [6.07, 6.45) is 4.25. The van der Waals surface area contributed by atoms with Crippen molar-refractivity contribution < 1.29 is 9.59 Å². The van der Waals surface area contributed by atoms with Crippen molar-refractivity contribution in [3.63, 3.8) is 0 Å². The molecule has 0 atom stereocenters. The molecule has 1 aliphatic heterocycles. The number of carbonyl (C=O) groups is 2. The Hall–Kier alpha value is -1.84. The van der Waals surface area contributed by atoms with Gasteiger partial charge in [-0.2, -0.15) is 0 Å². The van der Waals surface area contributed by atoms with Crippen LogP contribution in [-0.2, 0) is 16.1 Å². The van der Waals surface area contributed by atoms with Crippen LogP contribution in [0.3, 0.4) is 0 Å². The quantitative estimate of drug-likeness (QED) is 0.664. The SMILES string of the molecule is Cc1c(N)cccc1CN1C(=O)CC2(CCCC2)C1=O. The summed E-state index contributed by atoms with van der Waals surface area (Å²) in [5.74, 6) is 0.000508. The van der Waals surface area contributed by atoms with Gasteiger partial charge in [0.2, 0.25) is 11.8 Å². The lowest BCUT2D eigenvalue weighted by molar-refractivity contribution is -0.142. The molecule has 1 heterocycles. The molecule has 1 aromatic carbocycles. The predicted octanol–water partition coefficient (Wildman–Crippen LogP) is 2.40. The highest BCUT2D eigenvalue weighted by molar-refractivity contribution is 6.06. The summed E-state index contributed by atoms with van der Waals surface area (Å²) >= 11 is 0. The monoisotopic (exact) mass is 272 g/mol. The average molecular weight is 272 g/mol. The summed E-state index contributed by atoms with van der Waals surface area (Å²) in [5.41, 5.74) is 8.13. The third-order valence-corrected chi connectivity index (χ3v) is 4.87. The van der Waals surface area contributed by atoms with E-state index >= 15 is 0 Å². The van der Waals surface area contributed by atoms with Gasteiger partial charge in [0, 0.05) is 12.1 Å². The topological polar surface area (TPSA) is 63.4 Å². The highest BCUT2D eigenvalue weighted by Gasteiger charge is 2.52. The second-order valence-corrected chi connectivity index (χ2v) is 6.08. The Morgan fingerprint density at radius 2 is 1.95 bits per heavy atom. The molecule has 0 aromatic heterocycles. The first-order chi connectivity index (χ1) is 9.53. The van der Waals surface area contributed by atoms with Crippen LogP contribution < -0.4 is 5.73 Å². The van der Waals surface area contributed by atoms with Crippen molar-refractivity contribution in [3.8, 4) is 0 Å². The van der Waals surface area contributed by atoms with Crippen molar-refractivity contribution in [3.05, 3.63) is 29.3 Å².